The van der Waals surface area contributed by atoms with E-state index in [-0.39, 0.29) is 0 Å². The Bertz CT molecular complexity index is 326. The van der Waals surface area contributed by atoms with E-state index >= 15 is 0 Å². The summed E-state index contributed by atoms with van der Waals surface area (Å²) in [5, 5.41) is 11.6. The molecule has 0 aliphatic carbocycles. The van der Waals surface area contributed by atoms with Crippen LogP contribution in [0.25, 0.3) is 0 Å². The lowest BCUT2D eigenvalue weighted by molar-refractivity contribution is 0.00431. The predicted molar refractivity (Wildman–Crippen MR) is 58.0 cm³/mol. The minimum atomic E-state index is -1.00. The molecule has 0 atom stereocenters. The monoisotopic (exact) mass is 209 g/mol. The lowest BCUT2D eigenvalue weighted by Crippen LogP contribution is -2.20. The quantitative estimate of drug-likeness (QED) is 0.764. The minimum Gasteiger partial charge on any atom is -0.493 e. The van der Waals surface area contributed by atoms with Gasteiger partial charge >= 0.3 is 0 Å². The van der Waals surface area contributed by atoms with Gasteiger partial charge in [0.05, 0.1) is 14.2 Å². The van der Waals surface area contributed by atoms with Gasteiger partial charge in [-0.2, -0.15) is 0 Å². The highest BCUT2D eigenvalue weighted by Gasteiger charge is 2.20. The molecule has 1 aromatic carbocycles. The van der Waals surface area contributed by atoms with E-state index in [9.17, 15) is 5.11 Å². The van der Waals surface area contributed by atoms with E-state index in [1.807, 2.05) is 18.2 Å². The molecule has 0 aromatic heterocycles. The van der Waals surface area contributed by atoms with Crippen LogP contribution in [0.5, 0.6) is 11.5 Å². The normalized spacial score (nSPS) is 11.3. The van der Waals surface area contributed by atoms with Gasteiger partial charge in [-0.05, 0) is 19.9 Å². The van der Waals surface area contributed by atoms with Crippen LogP contribution in [0, 0.1) is 0 Å². The van der Waals surface area contributed by atoms with Crippen LogP contribution >= 0.6 is 0 Å². The molecule has 0 spiro atoms. The fourth-order valence-corrected chi connectivity index (χ4v) is 1.55. The molecule has 0 saturated carbocycles. The van der Waals surface area contributed by atoms with Crippen molar-refractivity contribution in [3.05, 3.63) is 23.8 Å². The zero-order valence-electron chi connectivity index (χ0n) is 9.66. The Hall–Kier alpha value is -1.22. The Balaban J connectivity index is 3.06. The first-order valence-electron chi connectivity index (χ1n) is 4.88. The highest BCUT2D eigenvalue weighted by Crippen LogP contribution is 2.32. The average molecular weight is 209 g/mol. The SMILES string of the molecule is COc1cccc(CC(C)(C)[O])c1OC. The van der Waals surface area contributed by atoms with Gasteiger partial charge in [0.25, 0.3) is 0 Å². The third-order valence-corrected chi connectivity index (χ3v) is 2.10. The predicted octanol–water partition coefficient (Wildman–Crippen LogP) is 2.46. The number of methoxy groups -OCH3 is 2. The summed E-state index contributed by atoms with van der Waals surface area (Å²) in [7, 11) is 3.17. The van der Waals surface area contributed by atoms with Gasteiger partial charge in [-0.1, -0.05) is 12.1 Å². The molecule has 0 amide bonds. The summed E-state index contributed by atoms with van der Waals surface area (Å²) < 4.78 is 10.4. The first kappa shape index (κ1) is 11.9. The van der Waals surface area contributed by atoms with Crippen molar-refractivity contribution in [2.75, 3.05) is 14.2 Å². The molecule has 0 unspecified atom stereocenters. The van der Waals surface area contributed by atoms with Crippen molar-refractivity contribution in [2.45, 2.75) is 25.9 Å². The number of para-hydroxylation sites is 1. The number of hydrogen-bond acceptors (Lipinski definition) is 2. The highest BCUT2D eigenvalue weighted by molar-refractivity contribution is 5.47. The van der Waals surface area contributed by atoms with E-state index in [4.69, 9.17) is 9.47 Å². The van der Waals surface area contributed by atoms with Crippen molar-refractivity contribution in [2.24, 2.45) is 0 Å². The molecule has 1 aromatic rings. The van der Waals surface area contributed by atoms with Crippen molar-refractivity contribution < 1.29 is 14.6 Å². The smallest absolute Gasteiger partial charge is 0.164 e. The van der Waals surface area contributed by atoms with Crippen LogP contribution in [0.1, 0.15) is 19.4 Å². The summed E-state index contributed by atoms with van der Waals surface area (Å²) in [5.74, 6) is 1.32. The van der Waals surface area contributed by atoms with Crippen LogP contribution in [-0.4, -0.2) is 19.8 Å². The van der Waals surface area contributed by atoms with E-state index in [2.05, 4.69) is 0 Å². The molecule has 3 heteroatoms. The molecule has 0 bridgehead atoms. The first-order chi connectivity index (χ1) is 6.98. The van der Waals surface area contributed by atoms with Gasteiger partial charge in [0, 0.05) is 12.0 Å². The summed E-state index contributed by atoms with van der Waals surface area (Å²) in [5.41, 5.74) is -0.114. The number of rotatable bonds is 4. The molecule has 0 N–H and O–H groups in total. The van der Waals surface area contributed by atoms with Crippen molar-refractivity contribution in [1.82, 2.24) is 0 Å². The minimum absolute atomic E-state index is 0.424. The van der Waals surface area contributed by atoms with Crippen molar-refractivity contribution in [3.63, 3.8) is 0 Å². The lowest BCUT2D eigenvalue weighted by Gasteiger charge is -2.17. The second-order valence-corrected chi connectivity index (χ2v) is 4.09. The number of ether oxygens (including phenoxy) is 2. The van der Waals surface area contributed by atoms with E-state index in [1.165, 1.54) is 0 Å². The first-order valence-corrected chi connectivity index (χ1v) is 4.88. The van der Waals surface area contributed by atoms with Gasteiger partial charge in [-0.15, -0.1) is 0 Å². The lowest BCUT2D eigenvalue weighted by atomic mass is 9.98. The maximum Gasteiger partial charge on any atom is 0.164 e. The summed E-state index contributed by atoms with van der Waals surface area (Å²) in [6.07, 6.45) is 0.424. The van der Waals surface area contributed by atoms with Crippen LogP contribution in [-0.2, 0) is 11.5 Å². The van der Waals surface area contributed by atoms with Gasteiger partial charge in [-0.3, -0.25) is 0 Å². The van der Waals surface area contributed by atoms with Crippen LogP contribution in [0.3, 0.4) is 0 Å². The zero-order chi connectivity index (χ0) is 11.5. The van der Waals surface area contributed by atoms with Crippen LogP contribution < -0.4 is 9.47 Å². The van der Waals surface area contributed by atoms with Crippen molar-refractivity contribution in [1.29, 1.82) is 0 Å². The molecule has 0 aliphatic heterocycles. The molecule has 1 radical (unpaired) electrons. The highest BCUT2D eigenvalue weighted by atomic mass is 16.5. The van der Waals surface area contributed by atoms with Crippen LogP contribution in [0.4, 0.5) is 0 Å². The molecule has 1 rings (SSSR count). The van der Waals surface area contributed by atoms with E-state index in [0.717, 1.165) is 5.56 Å². The Morgan fingerprint density at radius 1 is 1.20 bits per heavy atom. The third-order valence-electron chi connectivity index (χ3n) is 2.10. The molecule has 0 fully saturated rings. The summed E-state index contributed by atoms with van der Waals surface area (Å²) >= 11 is 0. The van der Waals surface area contributed by atoms with Crippen LogP contribution in [0.2, 0.25) is 0 Å². The topological polar surface area (TPSA) is 38.4 Å². The van der Waals surface area contributed by atoms with Crippen LogP contribution in [0.15, 0.2) is 18.2 Å². The van der Waals surface area contributed by atoms with Crippen molar-refractivity contribution >= 4 is 0 Å². The van der Waals surface area contributed by atoms with Gasteiger partial charge in [0.1, 0.15) is 5.60 Å². The molecule has 3 nitrogen and oxygen atoms in total. The Labute approximate surface area is 90.6 Å². The van der Waals surface area contributed by atoms with Crippen molar-refractivity contribution in [3.8, 4) is 11.5 Å². The third kappa shape index (κ3) is 3.13. The molecular weight excluding hydrogens is 192 g/mol. The maximum absolute atomic E-state index is 11.6. The largest absolute Gasteiger partial charge is 0.493 e. The maximum atomic E-state index is 11.6. The van der Waals surface area contributed by atoms with E-state index in [1.54, 1.807) is 28.1 Å². The fourth-order valence-electron chi connectivity index (χ4n) is 1.55. The number of hydrogen-bond donors (Lipinski definition) is 0. The summed E-state index contributed by atoms with van der Waals surface area (Å²) in [4.78, 5) is 0. The standard InChI is InChI=1S/C12H17O3/c1-12(2,13)8-9-6-5-7-10(14-3)11(9)15-4/h5-7H,8H2,1-4H3. The van der Waals surface area contributed by atoms with Gasteiger partial charge in [0.15, 0.2) is 11.5 Å². The molecular formula is C12H17O3. The number of benzene rings is 1. The summed E-state index contributed by atoms with van der Waals surface area (Å²) in [6, 6.07) is 5.57. The second kappa shape index (κ2) is 4.53. The molecule has 15 heavy (non-hydrogen) atoms. The summed E-state index contributed by atoms with van der Waals surface area (Å²) in [6.45, 7) is 3.32. The van der Waals surface area contributed by atoms with E-state index in [0.29, 0.717) is 17.9 Å². The molecule has 0 saturated heterocycles. The molecule has 83 valence electrons. The van der Waals surface area contributed by atoms with Gasteiger partial charge < -0.3 is 9.47 Å². The Kier molecular flexibility index (Phi) is 3.58. The van der Waals surface area contributed by atoms with Gasteiger partial charge in [0.2, 0.25) is 0 Å². The molecule has 0 heterocycles. The second-order valence-electron chi connectivity index (χ2n) is 4.09. The Morgan fingerprint density at radius 3 is 2.33 bits per heavy atom. The molecule has 0 aliphatic rings. The Morgan fingerprint density at radius 2 is 1.87 bits per heavy atom. The van der Waals surface area contributed by atoms with E-state index < -0.39 is 5.60 Å². The fraction of sp³-hybridized carbons (Fsp3) is 0.500. The van der Waals surface area contributed by atoms with Gasteiger partial charge in [-0.25, -0.2) is 5.11 Å². The average Bonchev–Trinajstić information content (AvgIpc) is 2.15. The zero-order valence-corrected chi connectivity index (χ0v) is 9.66.